The molecule has 0 aromatic heterocycles. The molecule has 0 saturated carbocycles. The van der Waals surface area contributed by atoms with Gasteiger partial charge >= 0.3 is 0 Å². The van der Waals surface area contributed by atoms with E-state index in [0.29, 0.717) is 24.3 Å². The average Bonchev–Trinajstić information content (AvgIpc) is 2.83. The van der Waals surface area contributed by atoms with E-state index >= 15 is 0 Å². The predicted octanol–water partition coefficient (Wildman–Crippen LogP) is 6.68. The molecule has 0 N–H and O–H groups in total. The van der Waals surface area contributed by atoms with Crippen LogP contribution in [0.25, 0.3) is 0 Å². The van der Waals surface area contributed by atoms with E-state index in [0.717, 1.165) is 26.2 Å². The van der Waals surface area contributed by atoms with Crippen LogP contribution in [0.4, 0.5) is 0 Å². The van der Waals surface area contributed by atoms with Crippen molar-refractivity contribution in [2.75, 3.05) is 0 Å². The topological polar surface area (TPSA) is 35.5 Å². The van der Waals surface area contributed by atoms with Crippen molar-refractivity contribution in [3.63, 3.8) is 0 Å². The van der Waals surface area contributed by atoms with Gasteiger partial charge < -0.3 is 9.47 Å². The van der Waals surface area contributed by atoms with Gasteiger partial charge in [-0.3, -0.25) is 4.79 Å². The lowest BCUT2D eigenvalue weighted by Crippen LogP contribution is -2.03. The largest absolute Gasteiger partial charge is 0.489 e. The summed E-state index contributed by atoms with van der Waals surface area (Å²) in [4.78, 5) is 12.9. The first-order valence-corrected chi connectivity index (χ1v) is 11.0. The molecule has 0 radical (unpaired) electrons. The molecule has 31 heavy (non-hydrogen) atoms. The second-order valence-electron chi connectivity index (χ2n) is 7.05. The third kappa shape index (κ3) is 5.73. The molecule has 0 aliphatic carbocycles. The first-order chi connectivity index (χ1) is 15.2. The van der Waals surface area contributed by atoms with Crippen molar-refractivity contribution in [2.45, 2.75) is 13.2 Å². The fraction of sp³-hybridized carbons (Fsp3) is 0.0741. The van der Waals surface area contributed by atoms with Crippen LogP contribution in [0.15, 0.2) is 103 Å². The zero-order valence-corrected chi connectivity index (χ0v) is 19.0. The lowest BCUT2D eigenvalue weighted by atomic mass is 10.0. The van der Waals surface area contributed by atoms with Crippen molar-refractivity contribution in [3.05, 3.63) is 129 Å². The van der Waals surface area contributed by atoms with E-state index in [4.69, 9.17) is 9.47 Å². The van der Waals surface area contributed by atoms with Crippen LogP contribution in [0, 0.1) is 3.57 Å². The quantitative estimate of drug-likeness (QED) is 0.192. The minimum atomic E-state index is -0.0258. The van der Waals surface area contributed by atoms with Gasteiger partial charge in [0.2, 0.25) is 0 Å². The molecule has 0 aliphatic heterocycles. The Labute approximate surface area is 195 Å². The summed E-state index contributed by atoms with van der Waals surface area (Å²) in [5.41, 5.74) is 3.47. The Morgan fingerprint density at radius 3 is 1.77 bits per heavy atom. The maximum atomic E-state index is 12.9. The van der Waals surface area contributed by atoms with Crippen LogP contribution < -0.4 is 9.47 Å². The highest BCUT2D eigenvalue weighted by atomic mass is 127. The maximum absolute atomic E-state index is 12.9. The van der Waals surface area contributed by atoms with E-state index in [1.54, 1.807) is 12.1 Å². The molecule has 0 bridgehead atoms. The van der Waals surface area contributed by atoms with Gasteiger partial charge in [-0.15, -0.1) is 0 Å². The average molecular weight is 520 g/mol. The van der Waals surface area contributed by atoms with Gasteiger partial charge in [0.05, 0.1) is 3.57 Å². The van der Waals surface area contributed by atoms with Crippen molar-refractivity contribution in [1.82, 2.24) is 0 Å². The van der Waals surface area contributed by atoms with E-state index in [2.05, 4.69) is 22.6 Å². The summed E-state index contributed by atoms with van der Waals surface area (Å²) >= 11 is 2.21. The summed E-state index contributed by atoms with van der Waals surface area (Å²) in [6, 6.07) is 32.8. The first kappa shape index (κ1) is 21.1. The van der Waals surface area contributed by atoms with Gasteiger partial charge in [0, 0.05) is 11.1 Å². The highest BCUT2D eigenvalue weighted by molar-refractivity contribution is 14.1. The normalized spacial score (nSPS) is 10.5. The number of ketones is 1. The minimum Gasteiger partial charge on any atom is -0.489 e. The summed E-state index contributed by atoms with van der Waals surface area (Å²) in [6.07, 6.45) is 0. The minimum absolute atomic E-state index is 0.0258. The van der Waals surface area contributed by atoms with Gasteiger partial charge in [-0.1, -0.05) is 60.7 Å². The number of carbonyl (C=O) groups is 1. The van der Waals surface area contributed by atoms with Crippen LogP contribution in [0.2, 0.25) is 0 Å². The van der Waals surface area contributed by atoms with Gasteiger partial charge in [-0.2, -0.15) is 0 Å². The second-order valence-corrected chi connectivity index (χ2v) is 8.21. The molecule has 0 amide bonds. The summed E-state index contributed by atoms with van der Waals surface area (Å²) in [6.45, 7) is 0.991. The Morgan fingerprint density at radius 2 is 1.19 bits per heavy atom. The van der Waals surface area contributed by atoms with Crippen LogP contribution in [-0.4, -0.2) is 5.78 Å². The van der Waals surface area contributed by atoms with E-state index in [-0.39, 0.29) is 5.78 Å². The van der Waals surface area contributed by atoms with Gasteiger partial charge in [-0.25, -0.2) is 0 Å². The molecule has 154 valence electrons. The van der Waals surface area contributed by atoms with Crippen LogP contribution >= 0.6 is 22.6 Å². The molecule has 4 rings (SSSR count). The highest BCUT2D eigenvalue weighted by Crippen LogP contribution is 2.25. The molecule has 0 atom stereocenters. The molecule has 0 aliphatic rings. The lowest BCUT2D eigenvalue weighted by Gasteiger charge is -2.10. The van der Waals surface area contributed by atoms with Crippen molar-refractivity contribution in [2.24, 2.45) is 0 Å². The number of ether oxygens (including phenoxy) is 2. The van der Waals surface area contributed by atoms with Crippen LogP contribution in [0.5, 0.6) is 11.5 Å². The second kappa shape index (κ2) is 10.3. The Bertz CT molecular complexity index is 1140. The smallest absolute Gasteiger partial charge is 0.193 e. The third-order valence-electron chi connectivity index (χ3n) is 4.80. The third-order valence-corrected chi connectivity index (χ3v) is 5.64. The monoisotopic (exact) mass is 520 g/mol. The number of hydrogen-bond acceptors (Lipinski definition) is 3. The molecule has 0 fully saturated rings. The number of rotatable bonds is 8. The van der Waals surface area contributed by atoms with Crippen LogP contribution in [0.3, 0.4) is 0 Å². The highest BCUT2D eigenvalue weighted by Gasteiger charge is 2.12. The van der Waals surface area contributed by atoms with Crippen molar-refractivity contribution in [1.29, 1.82) is 0 Å². The van der Waals surface area contributed by atoms with Gasteiger partial charge in [0.1, 0.15) is 24.7 Å². The molecule has 4 aromatic rings. The van der Waals surface area contributed by atoms with E-state index < -0.39 is 0 Å². The van der Waals surface area contributed by atoms with Crippen molar-refractivity contribution >= 4 is 28.4 Å². The van der Waals surface area contributed by atoms with E-state index in [1.165, 1.54) is 0 Å². The summed E-state index contributed by atoms with van der Waals surface area (Å²) in [7, 11) is 0. The SMILES string of the molecule is O=C(c1ccc(OCc2ccccc2)cc1)c1ccc(OCc2ccccc2)c(I)c1. The predicted molar refractivity (Wildman–Crippen MR) is 131 cm³/mol. The molecule has 3 nitrogen and oxygen atoms in total. The van der Waals surface area contributed by atoms with Crippen LogP contribution in [0.1, 0.15) is 27.0 Å². The number of benzene rings is 4. The zero-order chi connectivity index (χ0) is 21.5. The van der Waals surface area contributed by atoms with Gasteiger partial charge in [0.15, 0.2) is 5.78 Å². The van der Waals surface area contributed by atoms with Crippen LogP contribution in [-0.2, 0) is 13.2 Å². The Hall–Kier alpha value is -3.12. The van der Waals surface area contributed by atoms with Crippen molar-refractivity contribution in [3.8, 4) is 11.5 Å². The molecule has 0 saturated heterocycles. The molecular weight excluding hydrogens is 499 g/mol. The fourth-order valence-corrected chi connectivity index (χ4v) is 3.78. The molecule has 0 spiro atoms. The fourth-order valence-electron chi connectivity index (χ4n) is 3.10. The van der Waals surface area contributed by atoms with Gasteiger partial charge in [-0.05, 0) is 76.2 Å². The molecular formula is C27H21IO3. The first-order valence-electron chi connectivity index (χ1n) is 9.97. The Balaban J connectivity index is 1.38. The maximum Gasteiger partial charge on any atom is 0.193 e. The van der Waals surface area contributed by atoms with Crippen molar-refractivity contribution < 1.29 is 14.3 Å². The summed E-state index contributed by atoms with van der Waals surface area (Å²) in [5, 5.41) is 0. The number of carbonyl (C=O) groups excluding carboxylic acids is 1. The molecule has 4 aromatic carbocycles. The zero-order valence-electron chi connectivity index (χ0n) is 16.8. The van der Waals surface area contributed by atoms with E-state index in [9.17, 15) is 4.79 Å². The van der Waals surface area contributed by atoms with Gasteiger partial charge in [0.25, 0.3) is 0 Å². The summed E-state index contributed by atoms with van der Waals surface area (Å²) in [5.74, 6) is 1.48. The Morgan fingerprint density at radius 1 is 0.645 bits per heavy atom. The summed E-state index contributed by atoms with van der Waals surface area (Å²) < 4.78 is 12.6. The number of halogens is 1. The molecule has 4 heteroatoms. The Kier molecular flexibility index (Phi) is 6.99. The molecule has 0 heterocycles. The standard InChI is InChI=1S/C27H21IO3/c28-25-17-23(13-16-26(25)31-19-21-9-5-2-6-10-21)27(29)22-11-14-24(15-12-22)30-18-20-7-3-1-4-8-20/h1-17H,18-19H2. The number of hydrogen-bond donors (Lipinski definition) is 0. The van der Waals surface area contributed by atoms with E-state index in [1.807, 2.05) is 91.0 Å². The molecule has 0 unspecified atom stereocenters. The lowest BCUT2D eigenvalue weighted by molar-refractivity contribution is 0.103.